The molecule has 0 saturated carbocycles. The second kappa shape index (κ2) is 18.6. The molecule has 0 saturated heterocycles. The van der Waals surface area contributed by atoms with Crippen LogP contribution in [0.5, 0.6) is 0 Å². The third-order valence-electron chi connectivity index (χ3n) is 1.72. The van der Waals surface area contributed by atoms with Crippen molar-refractivity contribution in [1.82, 2.24) is 0 Å². The molecular weight excluding hydrogens is 284 g/mol. The van der Waals surface area contributed by atoms with Gasteiger partial charge in [0.05, 0.1) is 13.2 Å². The van der Waals surface area contributed by atoms with Crippen LogP contribution in [0, 0.1) is 13.8 Å². The highest BCUT2D eigenvalue weighted by Gasteiger charge is 1.79. The molecule has 0 aliphatic carbocycles. The van der Waals surface area contributed by atoms with Gasteiger partial charge in [0.15, 0.2) is 0 Å². The zero-order chi connectivity index (χ0) is 18.0. The van der Waals surface area contributed by atoms with Gasteiger partial charge in [-0.15, -0.1) is 0 Å². The van der Waals surface area contributed by atoms with Crippen molar-refractivity contribution in [2.45, 2.75) is 13.8 Å². The Balaban J connectivity index is -0.000000230. The van der Waals surface area contributed by atoms with Gasteiger partial charge in [-0.25, -0.2) is 0 Å². The van der Waals surface area contributed by atoms with Gasteiger partial charge in [-0.3, -0.25) is 9.59 Å². The maximum atomic E-state index is 9.47. The van der Waals surface area contributed by atoms with Crippen LogP contribution in [0.15, 0.2) is 49.6 Å². The predicted molar refractivity (Wildman–Crippen MR) is 88.9 cm³/mol. The first kappa shape index (κ1) is 24.6. The van der Waals surface area contributed by atoms with E-state index >= 15 is 0 Å². The van der Waals surface area contributed by atoms with E-state index in [9.17, 15) is 9.59 Å². The summed E-state index contributed by atoms with van der Waals surface area (Å²) in [7, 11) is 0. The molecule has 0 aromatic heterocycles. The van der Waals surface area contributed by atoms with Crippen molar-refractivity contribution in [3.63, 3.8) is 0 Å². The molecule has 2 amide bonds. The number of carbonyl (C=O) groups is 2. The van der Waals surface area contributed by atoms with Gasteiger partial charge in [-0.05, 0) is 26.0 Å². The van der Waals surface area contributed by atoms with Crippen molar-refractivity contribution in [1.29, 1.82) is 0 Å². The molecule has 0 aliphatic rings. The normalized spacial score (nSPS) is 7.64. The minimum absolute atomic E-state index is 0.125. The topological polar surface area (TPSA) is 127 Å². The van der Waals surface area contributed by atoms with Crippen molar-refractivity contribution in [2.75, 3.05) is 13.2 Å². The number of hydrogen-bond donors (Lipinski definition) is 4. The summed E-state index contributed by atoms with van der Waals surface area (Å²) >= 11 is 0. The van der Waals surface area contributed by atoms with Gasteiger partial charge >= 0.3 is 0 Å². The molecule has 0 spiro atoms. The lowest BCUT2D eigenvalue weighted by Gasteiger charge is -1.90. The fraction of sp³-hybridized carbons (Fsp3) is 0.250. The highest BCUT2D eigenvalue weighted by Crippen LogP contribution is 1.99. The Morgan fingerprint density at radius 1 is 0.909 bits per heavy atom. The molecular formula is C16H26N2O4. The second-order valence-electron chi connectivity index (χ2n) is 3.81. The van der Waals surface area contributed by atoms with Gasteiger partial charge in [-0.1, -0.05) is 48.6 Å². The van der Waals surface area contributed by atoms with E-state index in [2.05, 4.69) is 62.7 Å². The van der Waals surface area contributed by atoms with Crippen LogP contribution >= 0.6 is 0 Å². The molecule has 0 radical (unpaired) electrons. The molecule has 22 heavy (non-hydrogen) atoms. The van der Waals surface area contributed by atoms with Crippen LogP contribution in [0.4, 0.5) is 0 Å². The highest BCUT2D eigenvalue weighted by molar-refractivity contribution is 5.85. The molecule has 1 aromatic rings. The largest absolute Gasteiger partial charge is 0.394 e. The maximum Gasteiger partial charge on any atom is 0.240 e. The molecule has 6 nitrogen and oxygen atoms in total. The first-order chi connectivity index (χ1) is 10.2. The fourth-order valence-electron chi connectivity index (χ4n) is 0.637. The Hall–Kier alpha value is -2.44. The molecule has 6 N–H and O–H groups in total. The Bertz CT molecular complexity index is 387. The molecule has 0 aliphatic heterocycles. The standard InChI is InChI=1S/C8H10.2C3H5NO.C2H6O2/c1-7-3-5-8(2)6-4-7;2*1-2-3(4)5;3-1-2-4/h3-6H,1-2H3;2*2H,1H2,(H2,4,5);3-4H,1-2H2. The Kier molecular flexibility index (Phi) is 20.7. The van der Waals surface area contributed by atoms with Crippen LogP contribution in [0.25, 0.3) is 0 Å². The molecule has 0 fully saturated rings. The minimum Gasteiger partial charge on any atom is -0.394 e. The second-order valence-corrected chi connectivity index (χ2v) is 3.81. The summed E-state index contributed by atoms with van der Waals surface area (Å²) < 4.78 is 0. The van der Waals surface area contributed by atoms with E-state index in [4.69, 9.17) is 10.2 Å². The third-order valence-corrected chi connectivity index (χ3v) is 1.72. The van der Waals surface area contributed by atoms with Gasteiger partial charge in [0.25, 0.3) is 0 Å². The van der Waals surface area contributed by atoms with Crippen molar-refractivity contribution in [3.05, 3.63) is 60.7 Å². The minimum atomic E-state index is -0.481. The number of primary amides is 2. The summed E-state index contributed by atoms with van der Waals surface area (Å²) in [6.45, 7) is 10.1. The number of nitrogens with two attached hydrogens (primary N) is 2. The fourth-order valence-corrected chi connectivity index (χ4v) is 0.637. The van der Waals surface area contributed by atoms with E-state index in [0.717, 1.165) is 12.2 Å². The quantitative estimate of drug-likeness (QED) is 0.609. The van der Waals surface area contributed by atoms with E-state index in [1.54, 1.807) is 0 Å². The number of benzene rings is 1. The van der Waals surface area contributed by atoms with Crippen LogP contribution in [-0.2, 0) is 9.59 Å². The average Bonchev–Trinajstić information content (AvgIpc) is 2.51. The van der Waals surface area contributed by atoms with E-state index in [1.165, 1.54) is 11.1 Å². The molecule has 6 heteroatoms. The molecule has 1 aromatic carbocycles. The van der Waals surface area contributed by atoms with Crippen LogP contribution in [0.2, 0.25) is 0 Å². The molecule has 0 bridgehead atoms. The van der Waals surface area contributed by atoms with Gasteiger partial charge in [0.2, 0.25) is 11.8 Å². The Morgan fingerprint density at radius 3 is 1.18 bits per heavy atom. The van der Waals surface area contributed by atoms with Gasteiger partial charge in [0.1, 0.15) is 0 Å². The summed E-state index contributed by atoms with van der Waals surface area (Å²) in [4.78, 5) is 18.9. The number of carbonyl (C=O) groups excluding carboxylic acids is 2. The zero-order valence-electron chi connectivity index (χ0n) is 13.2. The number of hydrogen-bond acceptors (Lipinski definition) is 4. The van der Waals surface area contributed by atoms with E-state index < -0.39 is 11.8 Å². The van der Waals surface area contributed by atoms with Gasteiger partial charge < -0.3 is 21.7 Å². The van der Waals surface area contributed by atoms with Crippen molar-refractivity contribution in [2.24, 2.45) is 11.5 Å². The van der Waals surface area contributed by atoms with Crippen molar-refractivity contribution < 1.29 is 19.8 Å². The zero-order valence-corrected chi connectivity index (χ0v) is 13.2. The van der Waals surface area contributed by atoms with Gasteiger partial charge in [-0.2, -0.15) is 0 Å². The van der Waals surface area contributed by atoms with Crippen LogP contribution in [0.1, 0.15) is 11.1 Å². The molecule has 0 unspecified atom stereocenters. The summed E-state index contributed by atoms with van der Waals surface area (Å²) in [5.74, 6) is -0.963. The van der Waals surface area contributed by atoms with Crippen LogP contribution in [0.3, 0.4) is 0 Å². The summed E-state index contributed by atoms with van der Waals surface area (Å²) in [5, 5.41) is 15.2. The predicted octanol–water partition coefficient (Wildman–Crippen LogP) is 0.590. The lowest BCUT2D eigenvalue weighted by atomic mass is 10.2. The molecule has 0 atom stereocenters. The summed E-state index contributed by atoms with van der Waals surface area (Å²) in [6.07, 6.45) is 2.11. The number of amides is 2. The summed E-state index contributed by atoms with van der Waals surface area (Å²) in [5.41, 5.74) is 11.7. The Labute approximate surface area is 131 Å². The first-order valence-electron chi connectivity index (χ1n) is 6.33. The van der Waals surface area contributed by atoms with E-state index in [0.29, 0.717) is 0 Å². The monoisotopic (exact) mass is 310 g/mol. The Morgan fingerprint density at radius 2 is 1.09 bits per heavy atom. The number of aryl methyl sites for hydroxylation is 2. The van der Waals surface area contributed by atoms with E-state index in [1.807, 2.05) is 0 Å². The van der Waals surface area contributed by atoms with Crippen LogP contribution in [-0.4, -0.2) is 35.2 Å². The van der Waals surface area contributed by atoms with Crippen molar-refractivity contribution in [3.8, 4) is 0 Å². The van der Waals surface area contributed by atoms with Gasteiger partial charge in [0, 0.05) is 0 Å². The SMILES string of the molecule is C=CC(N)=O.C=CC(N)=O.Cc1ccc(C)cc1.OCCO. The number of aliphatic hydroxyl groups is 2. The summed E-state index contributed by atoms with van der Waals surface area (Å²) in [6, 6.07) is 8.48. The highest BCUT2D eigenvalue weighted by atomic mass is 16.3. The number of rotatable bonds is 3. The first-order valence-corrected chi connectivity index (χ1v) is 6.33. The molecule has 1 rings (SSSR count). The molecule has 124 valence electrons. The smallest absolute Gasteiger partial charge is 0.240 e. The van der Waals surface area contributed by atoms with E-state index in [-0.39, 0.29) is 13.2 Å². The maximum absolute atomic E-state index is 9.47. The number of aliphatic hydroxyl groups excluding tert-OH is 2. The lowest BCUT2D eigenvalue weighted by molar-refractivity contribution is -0.114. The van der Waals surface area contributed by atoms with Crippen LogP contribution < -0.4 is 11.5 Å². The van der Waals surface area contributed by atoms with Crippen molar-refractivity contribution >= 4 is 11.8 Å². The lowest BCUT2D eigenvalue weighted by Crippen LogP contribution is -2.04. The molecule has 0 heterocycles. The third kappa shape index (κ3) is 30.5. The average molecular weight is 310 g/mol.